The van der Waals surface area contributed by atoms with E-state index < -0.39 is 27.9 Å². The van der Waals surface area contributed by atoms with Crippen LogP contribution in [-0.2, 0) is 15.1 Å². The van der Waals surface area contributed by atoms with Crippen LogP contribution in [0.4, 0.5) is 5.69 Å². The second kappa shape index (κ2) is 7.66. The lowest BCUT2D eigenvalue weighted by Crippen LogP contribution is -2.60. The number of likely N-dealkylation sites (N-methyl/N-ethyl adjacent to an activating group) is 1. The maximum Gasteiger partial charge on any atom is 0.344 e. The van der Waals surface area contributed by atoms with Crippen LogP contribution >= 0.6 is 0 Å². The monoisotopic (exact) mass is 503 g/mol. The zero-order valence-electron chi connectivity index (χ0n) is 20.3. The number of benzene rings is 4. The number of nitro benzene ring substituents is 1. The van der Waals surface area contributed by atoms with Gasteiger partial charge >= 0.3 is 5.97 Å². The molecule has 2 heterocycles. The molecule has 1 saturated heterocycles. The Labute approximate surface area is 217 Å². The molecule has 186 valence electrons. The van der Waals surface area contributed by atoms with Crippen LogP contribution in [0.25, 0.3) is 10.8 Å². The molecule has 4 aromatic rings. The van der Waals surface area contributed by atoms with Gasteiger partial charge in [-0.3, -0.25) is 19.8 Å². The number of ether oxygens (including phenoxy) is 1. The predicted octanol–water partition coefficient (Wildman–Crippen LogP) is 4.61. The van der Waals surface area contributed by atoms with Crippen molar-refractivity contribution in [1.29, 1.82) is 0 Å². The second-order valence-electron chi connectivity index (χ2n) is 9.97. The summed E-state index contributed by atoms with van der Waals surface area (Å²) in [5.41, 5.74) is -0.580. The Hall–Kier alpha value is -4.69. The number of esters is 1. The number of carbonyl (C=O) groups excluding carboxylic acids is 2. The first-order chi connectivity index (χ1) is 18.4. The van der Waals surface area contributed by atoms with Gasteiger partial charge in [-0.15, -0.1) is 0 Å². The molecular weight excluding hydrogens is 482 g/mol. The van der Waals surface area contributed by atoms with Crippen molar-refractivity contribution in [3.05, 3.63) is 123 Å². The number of carbonyl (C=O) groups is 2. The molecule has 3 aliphatic rings. The summed E-state index contributed by atoms with van der Waals surface area (Å²) in [5, 5.41) is 13.0. The lowest BCUT2D eigenvalue weighted by atomic mass is 9.67. The standard InChI is InChI=1S/C30H21N3O5/c1-32-17-24(18-13-15-21(16-14-18)33(36)37)29(28(35)38-27(31-29)20-7-3-2-4-8-20)30(32)23-12-6-10-19-9-5-11-22(25(19)23)26(30)34/h2-16,24H,17H2,1H3/t24-,29-,30+/m0/s1. The van der Waals surface area contributed by atoms with Crippen LogP contribution in [-0.4, -0.2) is 46.6 Å². The molecule has 38 heavy (non-hydrogen) atoms. The van der Waals surface area contributed by atoms with Crippen LogP contribution in [0.5, 0.6) is 0 Å². The molecule has 0 saturated carbocycles. The van der Waals surface area contributed by atoms with Gasteiger partial charge in [0, 0.05) is 35.7 Å². The molecule has 4 aromatic carbocycles. The van der Waals surface area contributed by atoms with Gasteiger partial charge in [-0.1, -0.05) is 66.7 Å². The van der Waals surface area contributed by atoms with Crippen molar-refractivity contribution >= 4 is 34.1 Å². The zero-order chi connectivity index (χ0) is 26.2. The summed E-state index contributed by atoms with van der Waals surface area (Å²) in [5.74, 6) is -1.25. The fourth-order valence-corrected chi connectivity index (χ4v) is 6.71. The number of nitro groups is 1. The van der Waals surface area contributed by atoms with Crippen molar-refractivity contribution in [3.8, 4) is 0 Å². The normalized spacial score (nSPS) is 25.9. The van der Waals surface area contributed by atoms with E-state index in [1.807, 2.05) is 72.6 Å². The van der Waals surface area contributed by atoms with Gasteiger partial charge < -0.3 is 4.74 Å². The van der Waals surface area contributed by atoms with Crippen molar-refractivity contribution < 1.29 is 19.2 Å². The molecule has 8 nitrogen and oxygen atoms in total. The maximum absolute atomic E-state index is 14.6. The van der Waals surface area contributed by atoms with E-state index in [-0.39, 0.29) is 17.4 Å². The highest BCUT2D eigenvalue weighted by Crippen LogP contribution is 2.62. The van der Waals surface area contributed by atoms with Crippen LogP contribution < -0.4 is 0 Å². The summed E-state index contributed by atoms with van der Waals surface area (Å²) < 4.78 is 5.90. The number of aliphatic imine (C=N–C) groups is 1. The van der Waals surface area contributed by atoms with Crippen molar-refractivity contribution in [2.24, 2.45) is 4.99 Å². The van der Waals surface area contributed by atoms with Crippen LogP contribution in [0, 0.1) is 10.1 Å². The van der Waals surface area contributed by atoms with Gasteiger partial charge in [0.25, 0.3) is 5.69 Å². The number of Topliss-reactive ketones (excluding diaryl/α,β-unsaturated/α-hetero) is 1. The summed E-state index contributed by atoms with van der Waals surface area (Å²) in [7, 11) is 1.83. The summed E-state index contributed by atoms with van der Waals surface area (Å²) in [6.07, 6.45) is 0. The average Bonchev–Trinajstić information content (AvgIpc) is 3.52. The van der Waals surface area contributed by atoms with Gasteiger partial charge in [0.15, 0.2) is 11.3 Å². The van der Waals surface area contributed by atoms with E-state index in [0.717, 1.165) is 16.3 Å². The third kappa shape index (κ3) is 2.59. The Balaban J connectivity index is 1.54. The number of ketones is 1. The number of cyclic esters (lactones) is 1. The van der Waals surface area contributed by atoms with E-state index in [9.17, 15) is 19.7 Å². The van der Waals surface area contributed by atoms with Gasteiger partial charge in [0.1, 0.15) is 5.54 Å². The summed E-state index contributed by atoms with van der Waals surface area (Å²) in [6.45, 7) is 0.314. The number of non-ortho nitro benzene ring substituents is 1. The Kier molecular flexibility index (Phi) is 4.54. The maximum atomic E-state index is 14.6. The molecule has 1 fully saturated rings. The molecule has 2 spiro atoms. The van der Waals surface area contributed by atoms with Gasteiger partial charge in [0.2, 0.25) is 5.90 Å². The molecule has 0 unspecified atom stereocenters. The fraction of sp³-hybridized carbons (Fsp3) is 0.167. The number of nitrogens with zero attached hydrogens (tertiary/aromatic N) is 3. The van der Waals surface area contributed by atoms with Crippen LogP contribution in [0.2, 0.25) is 0 Å². The first kappa shape index (κ1) is 22.5. The average molecular weight is 504 g/mol. The quantitative estimate of drug-likeness (QED) is 0.230. The number of hydrogen-bond acceptors (Lipinski definition) is 7. The fourth-order valence-electron chi connectivity index (χ4n) is 6.71. The molecule has 2 aliphatic heterocycles. The van der Waals surface area contributed by atoms with Crippen molar-refractivity contribution in [3.63, 3.8) is 0 Å². The van der Waals surface area contributed by atoms with E-state index in [0.29, 0.717) is 23.2 Å². The molecular formula is C30H21N3O5. The highest BCUT2D eigenvalue weighted by molar-refractivity contribution is 6.24. The number of rotatable bonds is 3. The second-order valence-corrected chi connectivity index (χ2v) is 9.97. The minimum atomic E-state index is -1.65. The first-order valence-electron chi connectivity index (χ1n) is 12.3. The summed E-state index contributed by atoms with van der Waals surface area (Å²) in [4.78, 5) is 46.6. The highest BCUT2D eigenvalue weighted by atomic mass is 16.6. The predicted molar refractivity (Wildman–Crippen MR) is 140 cm³/mol. The Bertz CT molecular complexity index is 1710. The summed E-state index contributed by atoms with van der Waals surface area (Å²) in [6, 6.07) is 26.6. The molecule has 1 aliphatic carbocycles. The van der Waals surface area contributed by atoms with Crippen molar-refractivity contribution in [2.75, 3.05) is 13.6 Å². The zero-order valence-corrected chi connectivity index (χ0v) is 20.3. The lowest BCUT2D eigenvalue weighted by Gasteiger charge is -2.40. The minimum Gasteiger partial charge on any atom is -0.405 e. The Morgan fingerprint density at radius 1 is 0.947 bits per heavy atom. The van der Waals surface area contributed by atoms with Crippen molar-refractivity contribution in [1.82, 2.24) is 4.90 Å². The Morgan fingerprint density at radius 3 is 2.37 bits per heavy atom. The molecule has 8 heteroatoms. The van der Waals surface area contributed by atoms with E-state index in [1.165, 1.54) is 12.1 Å². The Morgan fingerprint density at radius 2 is 1.66 bits per heavy atom. The highest BCUT2D eigenvalue weighted by Gasteiger charge is 2.76. The van der Waals surface area contributed by atoms with Crippen LogP contribution in [0.1, 0.15) is 33.0 Å². The molecule has 7 rings (SSSR count). The SMILES string of the molecule is CN1C[C@@H](c2ccc([N+](=O)[O-])cc2)[C@@]2(N=C(c3ccccc3)OC2=O)[C@@]12C(=O)c1cccc3cccc2c13. The molecule has 0 radical (unpaired) electrons. The molecule has 0 bridgehead atoms. The van der Waals surface area contributed by atoms with E-state index >= 15 is 0 Å². The third-order valence-electron chi connectivity index (χ3n) is 8.26. The molecule has 0 amide bonds. The largest absolute Gasteiger partial charge is 0.405 e. The number of hydrogen-bond donors (Lipinski definition) is 0. The van der Waals surface area contributed by atoms with E-state index in [4.69, 9.17) is 9.73 Å². The van der Waals surface area contributed by atoms with Gasteiger partial charge in [-0.05, 0) is 41.1 Å². The molecule has 0 aromatic heterocycles. The van der Waals surface area contributed by atoms with Gasteiger partial charge in [-0.2, -0.15) is 0 Å². The van der Waals surface area contributed by atoms with Crippen LogP contribution in [0.3, 0.4) is 0 Å². The smallest absolute Gasteiger partial charge is 0.344 e. The lowest BCUT2D eigenvalue weighted by molar-refractivity contribution is -0.384. The number of likely N-dealkylation sites (tertiary alicyclic amines) is 1. The van der Waals surface area contributed by atoms with E-state index in [1.54, 1.807) is 18.2 Å². The third-order valence-corrected chi connectivity index (χ3v) is 8.26. The number of fused-ring (bicyclic) bond motifs is 2. The van der Waals surface area contributed by atoms with Gasteiger partial charge in [-0.25, -0.2) is 9.79 Å². The van der Waals surface area contributed by atoms with E-state index in [2.05, 4.69) is 0 Å². The molecule has 3 atom stereocenters. The summed E-state index contributed by atoms with van der Waals surface area (Å²) >= 11 is 0. The van der Waals surface area contributed by atoms with Crippen LogP contribution in [0.15, 0.2) is 96.0 Å². The molecule has 0 N–H and O–H groups in total. The van der Waals surface area contributed by atoms with Crippen molar-refractivity contribution in [2.45, 2.75) is 17.0 Å². The minimum absolute atomic E-state index is 0.0551. The topological polar surface area (TPSA) is 102 Å². The first-order valence-corrected chi connectivity index (χ1v) is 12.3. The van der Waals surface area contributed by atoms with Gasteiger partial charge in [0.05, 0.1) is 4.92 Å².